The first kappa shape index (κ1) is 28.0. The molecular weight excluding hydrogens is 541 g/mol. The normalized spacial score (nSPS) is 11.2. The van der Waals surface area contributed by atoms with Crippen LogP contribution in [0.25, 0.3) is 0 Å². The molecule has 0 atom stereocenters. The number of halogens is 2. The number of sulfonamides is 1. The van der Waals surface area contributed by atoms with Gasteiger partial charge in [-0.25, -0.2) is 18.6 Å². The minimum Gasteiger partial charge on any atom is -0.482 e. The summed E-state index contributed by atoms with van der Waals surface area (Å²) in [6.45, 7) is 0.983. The summed E-state index contributed by atoms with van der Waals surface area (Å²) in [6, 6.07) is 17.1. The number of benzene rings is 3. The maximum atomic E-state index is 13.4. The highest BCUT2D eigenvalue weighted by Crippen LogP contribution is 2.29. The van der Waals surface area contributed by atoms with Crippen molar-refractivity contribution in [3.63, 3.8) is 0 Å². The van der Waals surface area contributed by atoms with Crippen LogP contribution in [0.3, 0.4) is 0 Å². The van der Waals surface area contributed by atoms with Crippen molar-refractivity contribution < 1.29 is 27.5 Å². The van der Waals surface area contributed by atoms with Crippen LogP contribution in [0.1, 0.15) is 11.1 Å². The molecule has 0 radical (unpaired) electrons. The molecule has 9 nitrogen and oxygen atoms in total. The Morgan fingerprint density at radius 3 is 2.35 bits per heavy atom. The minimum atomic E-state index is -4.15. The van der Waals surface area contributed by atoms with E-state index in [2.05, 4.69) is 15.3 Å². The summed E-state index contributed by atoms with van der Waals surface area (Å²) in [5.74, 6) is -0.840. The molecule has 1 N–H and O–H groups in total. The molecular formula is C25H23Cl2N3O6S. The second-order valence-electron chi connectivity index (χ2n) is 7.68. The lowest BCUT2D eigenvalue weighted by atomic mass is 10.2. The summed E-state index contributed by atoms with van der Waals surface area (Å²) in [5, 5.41) is 4.31. The van der Waals surface area contributed by atoms with Crippen molar-refractivity contribution in [2.45, 2.75) is 11.8 Å². The Morgan fingerprint density at radius 1 is 1.03 bits per heavy atom. The molecule has 0 saturated heterocycles. The fraction of sp³-hybridized carbons (Fsp3) is 0.160. The summed E-state index contributed by atoms with van der Waals surface area (Å²) in [4.78, 5) is 24.0. The molecule has 0 heterocycles. The van der Waals surface area contributed by atoms with Gasteiger partial charge in [-0.1, -0.05) is 53.0 Å². The third-order valence-corrected chi connectivity index (χ3v) is 7.10. The predicted octanol–water partition coefficient (Wildman–Crippen LogP) is 4.20. The maximum absolute atomic E-state index is 13.4. The van der Waals surface area contributed by atoms with Crippen molar-refractivity contribution in [3.05, 3.63) is 87.9 Å². The van der Waals surface area contributed by atoms with Crippen molar-refractivity contribution in [3.8, 4) is 5.75 Å². The minimum absolute atomic E-state index is 0.00531. The molecule has 37 heavy (non-hydrogen) atoms. The zero-order chi connectivity index (χ0) is 27.0. The number of amides is 1. The number of anilines is 1. The van der Waals surface area contributed by atoms with Crippen molar-refractivity contribution in [1.82, 2.24) is 5.43 Å². The Morgan fingerprint density at radius 2 is 1.70 bits per heavy atom. The number of nitrogens with zero attached hydrogens (tertiary/aromatic N) is 2. The second kappa shape index (κ2) is 12.6. The number of hydrazone groups is 1. The highest BCUT2D eigenvalue weighted by atomic mass is 35.5. The van der Waals surface area contributed by atoms with Crippen LogP contribution in [0.5, 0.6) is 5.75 Å². The Kier molecular flexibility index (Phi) is 9.51. The van der Waals surface area contributed by atoms with Gasteiger partial charge in [0.2, 0.25) is 0 Å². The van der Waals surface area contributed by atoms with Gasteiger partial charge in [0.25, 0.3) is 15.9 Å². The SMILES string of the molecule is COC(=O)COc1cccc(/C=N/NC(=O)CN(c2cc(Cl)cc(Cl)c2)S(=O)(=O)c2ccc(C)cc2)c1. The van der Waals surface area contributed by atoms with E-state index in [0.29, 0.717) is 11.3 Å². The van der Waals surface area contributed by atoms with Crippen LogP contribution in [-0.4, -0.2) is 46.8 Å². The van der Waals surface area contributed by atoms with E-state index in [9.17, 15) is 18.0 Å². The van der Waals surface area contributed by atoms with Crippen molar-refractivity contribution in [2.75, 3.05) is 24.6 Å². The van der Waals surface area contributed by atoms with Crippen molar-refractivity contribution in [1.29, 1.82) is 0 Å². The van der Waals surface area contributed by atoms with E-state index >= 15 is 0 Å². The molecule has 3 aromatic rings. The van der Waals surface area contributed by atoms with Gasteiger partial charge in [0.15, 0.2) is 6.61 Å². The van der Waals surface area contributed by atoms with E-state index in [0.717, 1.165) is 9.87 Å². The fourth-order valence-corrected chi connectivity index (χ4v) is 4.99. The smallest absolute Gasteiger partial charge is 0.343 e. The largest absolute Gasteiger partial charge is 0.482 e. The van der Waals surface area contributed by atoms with Gasteiger partial charge in [0.1, 0.15) is 12.3 Å². The van der Waals surface area contributed by atoms with Gasteiger partial charge in [-0.3, -0.25) is 9.10 Å². The number of methoxy groups -OCH3 is 1. The molecule has 3 aromatic carbocycles. The molecule has 0 spiro atoms. The Bertz CT molecular complexity index is 1390. The molecule has 0 aliphatic heterocycles. The summed E-state index contributed by atoms with van der Waals surface area (Å²) >= 11 is 12.2. The van der Waals surface area contributed by atoms with Gasteiger partial charge in [0.05, 0.1) is 23.9 Å². The average molecular weight is 564 g/mol. The summed E-state index contributed by atoms with van der Waals surface area (Å²) in [6.07, 6.45) is 1.35. The highest BCUT2D eigenvalue weighted by Gasteiger charge is 2.27. The molecule has 194 valence electrons. The van der Waals surface area contributed by atoms with E-state index < -0.39 is 28.4 Å². The van der Waals surface area contributed by atoms with Crippen LogP contribution in [-0.2, 0) is 24.3 Å². The second-order valence-corrected chi connectivity index (χ2v) is 10.4. The molecule has 3 rings (SSSR count). The lowest BCUT2D eigenvalue weighted by Crippen LogP contribution is -2.39. The third kappa shape index (κ3) is 7.94. The number of hydrogen-bond acceptors (Lipinski definition) is 7. The van der Waals surface area contributed by atoms with E-state index in [4.69, 9.17) is 27.9 Å². The van der Waals surface area contributed by atoms with Crippen LogP contribution in [0.2, 0.25) is 10.0 Å². The number of esters is 1. The number of rotatable bonds is 10. The Balaban J connectivity index is 1.78. The lowest BCUT2D eigenvalue weighted by molar-refractivity contribution is -0.142. The van der Waals surface area contributed by atoms with Crippen LogP contribution >= 0.6 is 23.2 Å². The molecule has 1 amide bonds. The van der Waals surface area contributed by atoms with Crippen molar-refractivity contribution in [2.24, 2.45) is 5.10 Å². The number of aryl methyl sites for hydroxylation is 1. The zero-order valence-corrected chi connectivity index (χ0v) is 22.2. The average Bonchev–Trinajstić information content (AvgIpc) is 2.85. The number of carbonyl (C=O) groups is 2. The van der Waals surface area contributed by atoms with E-state index in [-0.39, 0.29) is 27.2 Å². The Hall–Kier alpha value is -3.60. The van der Waals surface area contributed by atoms with Crippen LogP contribution in [0, 0.1) is 6.92 Å². The lowest BCUT2D eigenvalue weighted by Gasteiger charge is -2.24. The summed E-state index contributed by atoms with van der Waals surface area (Å²) in [7, 11) is -2.89. The van der Waals surface area contributed by atoms with Gasteiger partial charge in [-0.05, 0) is 55.0 Å². The molecule has 0 aliphatic carbocycles. The van der Waals surface area contributed by atoms with E-state index in [1.54, 1.807) is 36.4 Å². The highest BCUT2D eigenvalue weighted by molar-refractivity contribution is 7.92. The summed E-state index contributed by atoms with van der Waals surface area (Å²) < 4.78 is 37.6. The molecule has 0 aromatic heterocycles. The number of carbonyl (C=O) groups excluding carboxylic acids is 2. The molecule has 0 saturated carbocycles. The van der Waals surface area contributed by atoms with Crippen LogP contribution in [0.4, 0.5) is 5.69 Å². The molecule has 0 unspecified atom stereocenters. The monoisotopic (exact) mass is 563 g/mol. The summed E-state index contributed by atoms with van der Waals surface area (Å²) in [5.41, 5.74) is 3.88. The Labute approximate surface area is 224 Å². The fourth-order valence-electron chi connectivity index (χ4n) is 3.07. The number of nitrogens with one attached hydrogen (secondary N) is 1. The number of ether oxygens (including phenoxy) is 2. The molecule has 0 fully saturated rings. The molecule has 12 heteroatoms. The van der Waals surface area contributed by atoms with Crippen LogP contribution in [0.15, 0.2) is 76.7 Å². The molecule has 0 aliphatic rings. The van der Waals surface area contributed by atoms with Gasteiger partial charge in [-0.15, -0.1) is 0 Å². The third-order valence-electron chi connectivity index (χ3n) is 4.88. The van der Waals surface area contributed by atoms with Gasteiger partial charge in [0, 0.05) is 10.0 Å². The zero-order valence-electron chi connectivity index (χ0n) is 19.9. The van der Waals surface area contributed by atoms with E-state index in [1.165, 1.54) is 43.7 Å². The standard InChI is InChI=1S/C25H23Cl2N3O6S/c1-17-6-8-23(9-7-17)37(33,34)30(21-12-19(26)11-20(27)13-21)15-24(31)29-28-14-18-4-3-5-22(10-18)36-16-25(32)35-2/h3-14H,15-16H2,1-2H3,(H,29,31)/b28-14+. The number of hydrogen-bond donors (Lipinski definition) is 1. The molecule has 0 bridgehead atoms. The van der Waals surface area contributed by atoms with Crippen molar-refractivity contribution >= 4 is 57.0 Å². The van der Waals surface area contributed by atoms with E-state index in [1.807, 2.05) is 6.92 Å². The quantitative estimate of drug-likeness (QED) is 0.224. The first-order chi connectivity index (χ1) is 17.6. The van der Waals surface area contributed by atoms with Gasteiger partial charge >= 0.3 is 5.97 Å². The van der Waals surface area contributed by atoms with Crippen LogP contribution < -0.4 is 14.5 Å². The topological polar surface area (TPSA) is 114 Å². The van der Waals surface area contributed by atoms with Gasteiger partial charge < -0.3 is 9.47 Å². The van der Waals surface area contributed by atoms with Gasteiger partial charge in [-0.2, -0.15) is 5.10 Å². The maximum Gasteiger partial charge on any atom is 0.343 e. The predicted molar refractivity (Wildman–Crippen MR) is 142 cm³/mol. The first-order valence-electron chi connectivity index (χ1n) is 10.8. The first-order valence-corrected chi connectivity index (χ1v) is 12.9.